The lowest BCUT2D eigenvalue weighted by atomic mass is 10.0. The molecule has 7 heteroatoms. The third-order valence-corrected chi connectivity index (χ3v) is 3.41. The summed E-state index contributed by atoms with van der Waals surface area (Å²) >= 11 is 0. The Bertz CT molecular complexity index is 572. The average Bonchev–Trinajstić information content (AvgIpc) is 3.09. The van der Waals surface area contributed by atoms with E-state index in [2.05, 4.69) is 37.1 Å². The monoisotopic (exact) mass is 272 g/mol. The van der Waals surface area contributed by atoms with E-state index in [1.54, 1.807) is 6.20 Å². The highest BCUT2D eigenvalue weighted by atomic mass is 15.3. The van der Waals surface area contributed by atoms with Crippen LogP contribution in [0, 0.1) is 6.42 Å². The van der Waals surface area contributed by atoms with Crippen molar-refractivity contribution in [2.45, 2.75) is 25.2 Å². The van der Waals surface area contributed by atoms with Gasteiger partial charge in [0.15, 0.2) is 11.6 Å². The van der Waals surface area contributed by atoms with Gasteiger partial charge < -0.3 is 10.2 Å². The first-order chi connectivity index (χ1) is 9.72. The normalized spacial score (nSPS) is 15.5. The molecule has 0 aliphatic heterocycles. The summed E-state index contributed by atoms with van der Waals surface area (Å²) in [5, 5.41) is 18.4. The van der Waals surface area contributed by atoms with Gasteiger partial charge in [-0.3, -0.25) is 5.10 Å². The SMILES string of the molecule is CN(C)c1nncc(Nc2cc([C@H]3C[CH]CC3)[nH]n2)n1. The van der Waals surface area contributed by atoms with Crippen LogP contribution in [-0.2, 0) is 0 Å². The van der Waals surface area contributed by atoms with Crippen molar-refractivity contribution in [1.82, 2.24) is 25.4 Å². The van der Waals surface area contributed by atoms with Gasteiger partial charge in [-0.05, 0) is 25.7 Å². The van der Waals surface area contributed by atoms with E-state index in [1.165, 1.54) is 18.5 Å². The van der Waals surface area contributed by atoms with Gasteiger partial charge in [0.05, 0.1) is 6.20 Å². The number of rotatable bonds is 4. The number of H-pyrrole nitrogens is 1. The summed E-state index contributed by atoms with van der Waals surface area (Å²) in [6.45, 7) is 0. The number of aromatic nitrogens is 5. The Morgan fingerprint density at radius 3 is 3.00 bits per heavy atom. The zero-order valence-electron chi connectivity index (χ0n) is 11.7. The standard InChI is InChI=1S/C13H18N7/c1-20(2)13-16-12(8-14-19-13)15-11-7-10(17-18-11)9-5-3-4-6-9/h3,7-9H,4-6H2,1-2H3,(H2,15,16,17,18,19)/t9-/m0/s1. The third-order valence-electron chi connectivity index (χ3n) is 3.41. The summed E-state index contributed by atoms with van der Waals surface area (Å²) in [4.78, 5) is 6.16. The van der Waals surface area contributed by atoms with Crippen LogP contribution in [0.25, 0.3) is 0 Å². The minimum absolute atomic E-state index is 0.566. The highest BCUT2D eigenvalue weighted by Gasteiger charge is 2.19. The molecule has 2 aromatic heterocycles. The Morgan fingerprint density at radius 1 is 1.35 bits per heavy atom. The first kappa shape index (κ1) is 12.8. The number of hydrogen-bond acceptors (Lipinski definition) is 6. The van der Waals surface area contributed by atoms with Gasteiger partial charge in [0, 0.05) is 31.8 Å². The van der Waals surface area contributed by atoms with Crippen LogP contribution in [0.3, 0.4) is 0 Å². The maximum Gasteiger partial charge on any atom is 0.246 e. The van der Waals surface area contributed by atoms with Crippen molar-refractivity contribution in [3.8, 4) is 0 Å². The summed E-state index contributed by atoms with van der Waals surface area (Å²) in [7, 11) is 3.76. The highest BCUT2D eigenvalue weighted by molar-refractivity contribution is 5.52. The molecule has 0 bridgehead atoms. The van der Waals surface area contributed by atoms with Crippen molar-refractivity contribution >= 4 is 17.6 Å². The summed E-state index contributed by atoms with van der Waals surface area (Å²) in [5.41, 5.74) is 1.18. The van der Waals surface area contributed by atoms with Crippen LogP contribution < -0.4 is 10.2 Å². The number of anilines is 3. The second-order valence-corrected chi connectivity index (χ2v) is 5.17. The predicted molar refractivity (Wildman–Crippen MR) is 76.9 cm³/mol. The largest absolute Gasteiger partial charge is 0.346 e. The molecule has 1 saturated carbocycles. The van der Waals surface area contributed by atoms with Gasteiger partial charge in [-0.25, -0.2) is 0 Å². The molecule has 0 amide bonds. The molecule has 2 heterocycles. The fourth-order valence-corrected chi connectivity index (χ4v) is 2.32. The van der Waals surface area contributed by atoms with Gasteiger partial charge in [-0.2, -0.15) is 15.2 Å². The minimum Gasteiger partial charge on any atom is -0.346 e. The third kappa shape index (κ3) is 2.71. The lowest BCUT2D eigenvalue weighted by Crippen LogP contribution is -2.14. The van der Waals surface area contributed by atoms with Crippen LogP contribution >= 0.6 is 0 Å². The molecular formula is C13H18N7. The van der Waals surface area contributed by atoms with E-state index < -0.39 is 0 Å². The fraction of sp³-hybridized carbons (Fsp3) is 0.462. The smallest absolute Gasteiger partial charge is 0.246 e. The van der Waals surface area contributed by atoms with Gasteiger partial charge in [-0.1, -0.05) is 0 Å². The van der Waals surface area contributed by atoms with Gasteiger partial charge in [0.1, 0.15) is 0 Å². The van der Waals surface area contributed by atoms with Gasteiger partial charge in [0.25, 0.3) is 0 Å². The summed E-state index contributed by atoms with van der Waals surface area (Å²) in [5.74, 6) is 2.53. The minimum atomic E-state index is 0.566. The van der Waals surface area contributed by atoms with Crippen LogP contribution in [0.4, 0.5) is 17.6 Å². The molecule has 0 saturated heterocycles. The molecule has 1 fully saturated rings. The molecule has 2 aromatic rings. The molecule has 20 heavy (non-hydrogen) atoms. The van der Waals surface area contributed by atoms with Gasteiger partial charge in [0.2, 0.25) is 5.95 Å². The van der Waals surface area contributed by atoms with E-state index in [1.807, 2.05) is 25.1 Å². The summed E-state index contributed by atoms with van der Waals surface area (Å²) in [6.07, 6.45) is 7.43. The van der Waals surface area contributed by atoms with Crippen molar-refractivity contribution in [1.29, 1.82) is 0 Å². The van der Waals surface area contributed by atoms with E-state index in [-0.39, 0.29) is 0 Å². The van der Waals surface area contributed by atoms with E-state index in [0.717, 1.165) is 12.2 Å². The zero-order valence-corrected chi connectivity index (χ0v) is 11.7. The van der Waals surface area contributed by atoms with E-state index in [9.17, 15) is 0 Å². The fourth-order valence-electron chi connectivity index (χ4n) is 2.32. The molecule has 1 aliphatic rings. The van der Waals surface area contributed by atoms with Crippen LogP contribution in [0.1, 0.15) is 30.9 Å². The maximum absolute atomic E-state index is 4.36. The van der Waals surface area contributed by atoms with Crippen molar-refractivity contribution in [2.75, 3.05) is 24.3 Å². The first-order valence-corrected chi connectivity index (χ1v) is 6.73. The van der Waals surface area contributed by atoms with Crippen molar-refractivity contribution in [3.63, 3.8) is 0 Å². The van der Waals surface area contributed by atoms with E-state index in [4.69, 9.17) is 0 Å². The van der Waals surface area contributed by atoms with Crippen molar-refractivity contribution < 1.29 is 0 Å². The Balaban J connectivity index is 1.72. The zero-order chi connectivity index (χ0) is 13.9. The maximum atomic E-state index is 4.36. The van der Waals surface area contributed by atoms with Crippen LogP contribution in [0.15, 0.2) is 12.3 Å². The Labute approximate surface area is 117 Å². The summed E-state index contributed by atoms with van der Waals surface area (Å²) < 4.78 is 0. The van der Waals surface area contributed by atoms with Gasteiger partial charge >= 0.3 is 0 Å². The Morgan fingerprint density at radius 2 is 2.25 bits per heavy atom. The Kier molecular flexibility index (Phi) is 3.49. The van der Waals surface area contributed by atoms with E-state index in [0.29, 0.717) is 17.7 Å². The topological polar surface area (TPSA) is 82.6 Å². The lowest BCUT2D eigenvalue weighted by molar-refractivity contribution is 0.699. The molecule has 2 N–H and O–H groups in total. The van der Waals surface area contributed by atoms with E-state index >= 15 is 0 Å². The number of nitrogens with zero attached hydrogens (tertiary/aromatic N) is 5. The lowest BCUT2D eigenvalue weighted by Gasteiger charge is -2.09. The average molecular weight is 272 g/mol. The molecule has 1 aliphatic carbocycles. The molecule has 1 radical (unpaired) electrons. The molecular weight excluding hydrogens is 254 g/mol. The predicted octanol–water partition coefficient (Wildman–Crippen LogP) is 1.88. The number of aromatic amines is 1. The Hall–Kier alpha value is -2.18. The first-order valence-electron chi connectivity index (χ1n) is 6.73. The summed E-state index contributed by atoms with van der Waals surface area (Å²) in [6, 6.07) is 2.04. The molecule has 0 aromatic carbocycles. The molecule has 0 spiro atoms. The molecule has 1 atom stereocenters. The van der Waals surface area contributed by atoms with Crippen LogP contribution in [0.5, 0.6) is 0 Å². The van der Waals surface area contributed by atoms with Crippen molar-refractivity contribution in [3.05, 3.63) is 24.4 Å². The van der Waals surface area contributed by atoms with Crippen LogP contribution in [0.2, 0.25) is 0 Å². The second-order valence-electron chi connectivity index (χ2n) is 5.17. The molecule has 105 valence electrons. The quantitative estimate of drug-likeness (QED) is 0.884. The van der Waals surface area contributed by atoms with Gasteiger partial charge in [-0.15, -0.1) is 5.10 Å². The number of nitrogens with one attached hydrogen (secondary N) is 2. The van der Waals surface area contributed by atoms with Crippen LogP contribution in [-0.4, -0.2) is 39.5 Å². The second kappa shape index (κ2) is 5.44. The van der Waals surface area contributed by atoms with Crippen molar-refractivity contribution in [2.24, 2.45) is 0 Å². The molecule has 7 nitrogen and oxygen atoms in total. The molecule has 0 unspecified atom stereocenters. The number of hydrogen-bond donors (Lipinski definition) is 2. The molecule has 3 rings (SSSR count). The highest BCUT2D eigenvalue weighted by Crippen LogP contribution is 2.33.